The highest BCUT2D eigenvalue weighted by Gasteiger charge is 2.15. The number of nitrogens with one attached hydrogen (secondary N) is 2. The molecule has 0 spiro atoms. The van der Waals surface area contributed by atoms with Gasteiger partial charge in [0.15, 0.2) is 0 Å². The second kappa shape index (κ2) is 8.12. The average Bonchev–Trinajstić information content (AvgIpc) is 2.58. The minimum absolute atomic E-state index is 0.0746. The molecule has 1 aromatic heterocycles. The van der Waals surface area contributed by atoms with Crippen LogP contribution in [0, 0.1) is 6.92 Å². The van der Waals surface area contributed by atoms with Crippen LogP contribution in [0.15, 0.2) is 42.6 Å². The molecule has 0 saturated heterocycles. The van der Waals surface area contributed by atoms with Crippen molar-refractivity contribution in [1.82, 2.24) is 15.6 Å². The summed E-state index contributed by atoms with van der Waals surface area (Å²) in [6.07, 6.45) is 0.962. The van der Waals surface area contributed by atoms with Crippen molar-refractivity contribution < 1.29 is 9.90 Å². The van der Waals surface area contributed by atoms with Gasteiger partial charge in [-0.1, -0.05) is 51.1 Å². The van der Waals surface area contributed by atoms with Gasteiger partial charge in [-0.3, -0.25) is 4.98 Å². The zero-order chi connectivity index (χ0) is 18.4. The number of rotatable bonds is 5. The summed E-state index contributed by atoms with van der Waals surface area (Å²) >= 11 is 0. The molecule has 2 amide bonds. The van der Waals surface area contributed by atoms with Crippen LogP contribution < -0.4 is 10.6 Å². The van der Waals surface area contributed by atoms with Crippen molar-refractivity contribution in [2.24, 2.45) is 0 Å². The van der Waals surface area contributed by atoms with Crippen LogP contribution in [0.4, 0.5) is 4.79 Å². The van der Waals surface area contributed by atoms with Crippen LogP contribution >= 0.6 is 0 Å². The lowest BCUT2D eigenvalue weighted by Gasteiger charge is -2.20. The van der Waals surface area contributed by atoms with E-state index in [1.54, 1.807) is 6.20 Å². The van der Waals surface area contributed by atoms with Gasteiger partial charge in [-0.15, -0.1) is 0 Å². The molecular formula is C20H27N3O2. The molecule has 1 atom stereocenters. The van der Waals surface area contributed by atoms with Crippen LogP contribution in [0.25, 0.3) is 0 Å². The van der Waals surface area contributed by atoms with Gasteiger partial charge in [0.05, 0.1) is 18.3 Å². The van der Waals surface area contributed by atoms with E-state index >= 15 is 0 Å². The van der Waals surface area contributed by atoms with Crippen molar-refractivity contribution in [2.45, 2.75) is 45.8 Å². The maximum atomic E-state index is 11.9. The number of amides is 2. The van der Waals surface area contributed by atoms with E-state index in [9.17, 15) is 9.90 Å². The summed E-state index contributed by atoms with van der Waals surface area (Å²) in [7, 11) is 0. The Morgan fingerprint density at radius 3 is 2.44 bits per heavy atom. The zero-order valence-corrected chi connectivity index (χ0v) is 15.3. The fraction of sp³-hybridized carbons (Fsp3) is 0.400. The van der Waals surface area contributed by atoms with Crippen molar-refractivity contribution in [3.63, 3.8) is 0 Å². The minimum Gasteiger partial charge on any atom is -0.387 e. The Labute approximate surface area is 149 Å². The van der Waals surface area contributed by atoms with E-state index in [4.69, 9.17) is 0 Å². The molecule has 5 heteroatoms. The fourth-order valence-corrected chi connectivity index (χ4v) is 2.44. The monoisotopic (exact) mass is 341 g/mol. The molecule has 1 aromatic carbocycles. The smallest absolute Gasteiger partial charge is 0.315 e. The summed E-state index contributed by atoms with van der Waals surface area (Å²) in [6.45, 7) is 8.90. The molecule has 0 bridgehead atoms. The lowest BCUT2D eigenvalue weighted by atomic mass is 9.86. The van der Waals surface area contributed by atoms with Crippen LogP contribution in [0.3, 0.4) is 0 Å². The van der Waals surface area contributed by atoms with Crippen molar-refractivity contribution in [3.8, 4) is 0 Å². The van der Waals surface area contributed by atoms with E-state index in [0.717, 1.165) is 16.8 Å². The van der Waals surface area contributed by atoms with E-state index in [1.807, 2.05) is 43.3 Å². The second-order valence-electron chi connectivity index (χ2n) is 7.22. The van der Waals surface area contributed by atoms with E-state index in [0.29, 0.717) is 6.54 Å². The summed E-state index contributed by atoms with van der Waals surface area (Å²) in [5, 5.41) is 15.7. The van der Waals surface area contributed by atoms with Gasteiger partial charge in [0.2, 0.25) is 0 Å². The predicted molar refractivity (Wildman–Crippen MR) is 99.3 cm³/mol. The first kappa shape index (κ1) is 18.9. The van der Waals surface area contributed by atoms with Gasteiger partial charge in [0.1, 0.15) is 0 Å². The van der Waals surface area contributed by atoms with Crippen LogP contribution in [0.1, 0.15) is 49.3 Å². The average molecular weight is 341 g/mol. The minimum atomic E-state index is -0.739. The molecular weight excluding hydrogens is 314 g/mol. The first-order valence-electron chi connectivity index (χ1n) is 8.48. The molecule has 0 saturated carbocycles. The molecule has 134 valence electrons. The number of benzene rings is 1. The molecule has 3 N–H and O–H groups in total. The summed E-state index contributed by atoms with van der Waals surface area (Å²) < 4.78 is 0. The van der Waals surface area contributed by atoms with Gasteiger partial charge in [0, 0.05) is 12.7 Å². The highest BCUT2D eigenvalue weighted by molar-refractivity contribution is 5.73. The number of urea groups is 1. The summed E-state index contributed by atoms with van der Waals surface area (Å²) in [4.78, 5) is 16.1. The Hall–Kier alpha value is -2.40. The summed E-state index contributed by atoms with van der Waals surface area (Å²) in [5.41, 5.74) is 3.93. The molecule has 25 heavy (non-hydrogen) atoms. The molecule has 1 heterocycles. The van der Waals surface area contributed by atoms with Crippen molar-refractivity contribution >= 4 is 6.03 Å². The lowest BCUT2D eigenvalue weighted by molar-refractivity contribution is 0.173. The number of hydrogen-bond acceptors (Lipinski definition) is 3. The number of aliphatic hydroxyl groups excluding tert-OH is 1. The molecule has 0 aliphatic heterocycles. The molecule has 2 aromatic rings. The summed E-state index contributed by atoms with van der Waals surface area (Å²) in [5.74, 6) is 0. The van der Waals surface area contributed by atoms with E-state index in [-0.39, 0.29) is 18.0 Å². The highest BCUT2D eigenvalue weighted by atomic mass is 16.3. The first-order chi connectivity index (χ1) is 11.8. The standard InChI is InChI=1S/C20H27N3O2/c1-14-6-5-11-21-17(14)12-22-19(25)23-13-18(24)15-7-9-16(10-8-15)20(2,3)4/h5-11,18,24H,12-13H2,1-4H3,(H2,22,23,25). The Kier molecular flexibility index (Phi) is 6.15. The Morgan fingerprint density at radius 2 is 1.84 bits per heavy atom. The van der Waals surface area contributed by atoms with Crippen molar-refractivity contribution in [1.29, 1.82) is 0 Å². The molecule has 0 fully saturated rings. The predicted octanol–water partition coefficient (Wildman–Crippen LogP) is 3.22. The number of nitrogens with zero attached hydrogens (tertiary/aromatic N) is 1. The molecule has 5 nitrogen and oxygen atoms in total. The van der Waals surface area contributed by atoms with Gasteiger partial charge < -0.3 is 15.7 Å². The molecule has 1 unspecified atom stereocenters. The largest absolute Gasteiger partial charge is 0.387 e. The van der Waals surface area contributed by atoms with Crippen LogP contribution in [-0.4, -0.2) is 22.7 Å². The second-order valence-corrected chi connectivity index (χ2v) is 7.22. The van der Waals surface area contributed by atoms with Crippen molar-refractivity contribution in [2.75, 3.05) is 6.54 Å². The fourth-order valence-electron chi connectivity index (χ4n) is 2.44. The van der Waals surface area contributed by atoms with Gasteiger partial charge in [-0.2, -0.15) is 0 Å². The Bertz CT molecular complexity index is 706. The topological polar surface area (TPSA) is 74.2 Å². The maximum absolute atomic E-state index is 11.9. The number of aliphatic hydroxyl groups is 1. The normalized spacial score (nSPS) is 12.5. The maximum Gasteiger partial charge on any atom is 0.315 e. The third-order valence-corrected chi connectivity index (χ3v) is 4.15. The first-order valence-corrected chi connectivity index (χ1v) is 8.48. The Morgan fingerprint density at radius 1 is 1.16 bits per heavy atom. The lowest BCUT2D eigenvalue weighted by Crippen LogP contribution is -2.37. The Balaban J connectivity index is 1.82. The molecule has 0 aliphatic carbocycles. The zero-order valence-electron chi connectivity index (χ0n) is 15.3. The SMILES string of the molecule is Cc1cccnc1CNC(=O)NCC(O)c1ccc(C(C)(C)C)cc1. The molecule has 0 radical (unpaired) electrons. The number of hydrogen-bond donors (Lipinski definition) is 3. The van der Waals surface area contributed by atoms with Gasteiger partial charge in [0.25, 0.3) is 0 Å². The molecule has 2 rings (SSSR count). The van der Waals surface area contributed by atoms with Gasteiger partial charge >= 0.3 is 6.03 Å². The number of carbonyl (C=O) groups excluding carboxylic acids is 1. The van der Waals surface area contributed by atoms with Gasteiger partial charge in [-0.05, 0) is 35.1 Å². The van der Waals surface area contributed by atoms with Gasteiger partial charge in [-0.25, -0.2) is 4.79 Å². The molecule has 0 aliphatic rings. The third-order valence-electron chi connectivity index (χ3n) is 4.15. The highest BCUT2D eigenvalue weighted by Crippen LogP contribution is 2.23. The van der Waals surface area contributed by atoms with E-state index in [1.165, 1.54) is 5.56 Å². The number of aromatic nitrogens is 1. The number of aryl methyl sites for hydroxylation is 1. The summed E-state index contributed by atoms with van der Waals surface area (Å²) in [6, 6.07) is 11.3. The van der Waals surface area contributed by atoms with Crippen LogP contribution in [0.5, 0.6) is 0 Å². The van der Waals surface area contributed by atoms with Crippen molar-refractivity contribution in [3.05, 3.63) is 65.0 Å². The van der Waals surface area contributed by atoms with Crippen LogP contribution in [-0.2, 0) is 12.0 Å². The van der Waals surface area contributed by atoms with Crippen LogP contribution in [0.2, 0.25) is 0 Å². The quantitative estimate of drug-likeness (QED) is 0.782. The third kappa shape index (κ3) is 5.57. The van der Waals surface area contributed by atoms with E-state index < -0.39 is 6.10 Å². The number of pyridine rings is 1. The van der Waals surface area contributed by atoms with E-state index in [2.05, 4.69) is 36.4 Å². The number of carbonyl (C=O) groups is 1.